The monoisotopic (exact) mass is 233 g/mol. The molecular weight excluding hydrogens is 226 g/mol. The highest BCUT2D eigenvalue weighted by atomic mass is 32.2. The highest BCUT2D eigenvalue weighted by Gasteiger charge is 2.14. The summed E-state index contributed by atoms with van der Waals surface area (Å²) in [5, 5.41) is 11.5. The molecule has 0 saturated heterocycles. The first-order valence-electron chi connectivity index (χ1n) is 4.44. The van der Waals surface area contributed by atoms with Gasteiger partial charge in [-0.3, -0.25) is 15.1 Å². The predicted molar refractivity (Wildman–Crippen MR) is 59.3 cm³/mol. The van der Waals surface area contributed by atoms with Gasteiger partial charge in [-0.25, -0.2) is 4.98 Å². The molecule has 6 heteroatoms. The molecule has 2 aromatic heterocycles. The molecule has 0 aliphatic heterocycles. The number of hydrogen-bond donors (Lipinski definition) is 0. The molecule has 2 rings (SSSR count). The lowest BCUT2D eigenvalue weighted by atomic mass is 10.4. The van der Waals surface area contributed by atoms with Crippen molar-refractivity contribution in [1.82, 2.24) is 9.97 Å². The van der Waals surface area contributed by atoms with Crippen molar-refractivity contribution in [2.45, 2.75) is 9.92 Å². The van der Waals surface area contributed by atoms with Crippen LogP contribution in [0.15, 0.2) is 52.8 Å². The van der Waals surface area contributed by atoms with Crippen LogP contribution in [-0.2, 0) is 0 Å². The SMILES string of the molecule is O=[N+]([O-])c1cnccc1Sc1ccccn1. The molecule has 80 valence electrons. The fourth-order valence-corrected chi connectivity index (χ4v) is 1.96. The average molecular weight is 233 g/mol. The molecule has 5 nitrogen and oxygen atoms in total. The van der Waals surface area contributed by atoms with E-state index >= 15 is 0 Å². The molecule has 0 saturated carbocycles. The Morgan fingerprint density at radius 3 is 2.81 bits per heavy atom. The van der Waals surface area contributed by atoms with Gasteiger partial charge in [-0.1, -0.05) is 17.8 Å². The number of rotatable bonds is 3. The van der Waals surface area contributed by atoms with Crippen LogP contribution in [0, 0.1) is 10.1 Å². The molecule has 0 spiro atoms. The zero-order chi connectivity index (χ0) is 11.4. The Bertz CT molecular complexity index is 504. The van der Waals surface area contributed by atoms with Gasteiger partial charge in [0.2, 0.25) is 0 Å². The molecule has 0 atom stereocenters. The Morgan fingerprint density at radius 2 is 2.12 bits per heavy atom. The van der Waals surface area contributed by atoms with Gasteiger partial charge in [-0.05, 0) is 18.2 Å². The molecule has 2 aromatic rings. The highest BCUT2D eigenvalue weighted by Crippen LogP contribution is 2.32. The quantitative estimate of drug-likeness (QED) is 0.601. The lowest BCUT2D eigenvalue weighted by Gasteiger charge is -2.00. The van der Waals surface area contributed by atoms with Gasteiger partial charge in [0, 0.05) is 12.4 Å². The summed E-state index contributed by atoms with van der Waals surface area (Å²) in [6, 6.07) is 7.04. The van der Waals surface area contributed by atoms with Crippen LogP contribution in [0.3, 0.4) is 0 Å². The second-order valence-corrected chi connectivity index (χ2v) is 3.93. The maximum atomic E-state index is 10.7. The summed E-state index contributed by atoms with van der Waals surface area (Å²) in [7, 11) is 0. The first kappa shape index (κ1) is 10.6. The van der Waals surface area contributed by atoms with Crippen molar-refractivity contribution in [2.24, 2.45) is 0 Å². The Hall–Kier alpha value is -1.95. The number of nitro groups is 1. The van der Waals surface area contributed by atoms with Crippen molar-refractivity contribution < 1.29 is 4.92 Å². The van der Waals surface area contributed by atoms with Gasteiger partial charge in [0.25, 0.3) is 0 Å². The molecule has 0 aromatic carbocycles. The molecule has 0 bridgehead atoms. The van der Waals surface area contributed by atoms with Crippen LogP contribution >= 0.6 is 11.8 Å². The lowest BCUT2D eigenvalue weighted by molar-refractivity contribution is -0.388. The first-order valence-corrected chi connectivity index (χ1v) is 5.26. The molecule has 2 heterocycles. The van der Waals surface area contributed by atoms with Crippen LogP contribution in [-0.4, -0.2) is 14.9 Å². The number of pyridine rings is 2. The summed E-state index contributed by atoms with van der Waals surface area (Å²) >= 11 is 1.25. The summed E-state index contributed by atoms with van der Waals surface area (Å²) in [6.07, 6.45) is 4.42. The van der Waals surface area contributed by atoms with Crippen molar-refractivity contribution in [1.29, 1.82) is 0 Å². The maximum Gasteiger partial charge on any atom is 0.301 e. The molecule has 0 N–H and O–H groups in total. The summed E-state index contributed by atoms with van der Waals surface area (Å²) < 4.78 is 0. The fourth-order valence-electron chi connectivity index (χ4n) is 1.12. The van der Waals surface area contributed by atoms with Crippen LogP contribution in [0.5, 0.6) is 0 Å². The summed E-state index contributed by atoms with van der Waals surface area (Å²) in [5.74, 6) is 0. The normalized spacial score (nSPS) is 10.0. The van der Waals surface area contributed by atoms with Crippen LogP contribution in [0.2, 0.25) is 0 Å². The van der Waals surface area contributed by atoms with E-state index in [2.05, 4.69) is 9.97 Å². The van der Waals surface area contributed by atoms with Gasteiger partial charge in [-0.15, -0.1) is 0 Å². The zero-order valence-corrected chi connectivity index (χ0v) is 8.92. The Labute approximate surface area is 95.7 Å². The minimum Gasteiger partial charge on any atom is -0.258 e. The third-order valence-corrected chi connectivity index (χ3v) is 2.83. The largest absolute Gasteiger partial charge is 0.301 e. The van der Waals surface area contributed by atoms with Crippen molar-refractivity contribution in [2.75, 3.05) is 0 Å². The van der Waals surface area contributed by atoms with Crippen LogP contribution < -0.4 is 0 Å². The predicted octanol–water partition coefficient (Wildman–Crippen LogP) is 2.54. The third-order valence-electron chi connectivity index (χ3n) is 1.81. The van der Waals surface area contributed by atoms with Crippen LogP contribution in [0.4, 0.5) is 5.69 Å². The van der Waals surface area contributed by atoms with Crippen LogP contribution in [0.1, 0.15) is 0 Å². The average Bonchev–Trinajstić information content (AvgIpc) is 2.31. The fraction of sp³-hybridized carbons (Fsp3) is 0. The Balaban J connectivity index is 2.31. The molecule has 0 aliphatic rings. The zero-order valence-electron chi connectivity index (χ0n) is 8.11. The molecule has 16 heavy (non-hydrogen) atoms. The molecular formula is C10H7N3O2S. The van der Waals surface area contributed by atoms with Gasteiger partial charge in [-0.2, -0.15) is 0 Å². The number of aromatic nitrogens is 2. The van der Waals surface area contributed by atoms with E-state index in [0.29, 0.717) is 4.90 Å². The van der Waals surface area contributed by atoms with E-state index < -0.39 is 4.92 Å². The summed E-state index contributed by atoms with van der Waals surface area (Å²) in [5.41, 5.74) is -0.00171. The molecule has 0 radical (unpaired) electrons. The maximum absolute atomic E-state index is 10.7. The Kier molecular flexibility index (Phi) is 3.11. The smallest absolute Gasteiger partial charge is 0.258 e. The minimum atomic E-state index is -0.446. The molecule has 0 fully saturated rings. The standard InChI is InChI=1S/C10H7N3O2S/c14-13(15)8-7-11-6-4-9(8)16-10-3-1-2-5-12-10/h1-7H. The Morgan fingerprint density at radius 1 is 1.25 bits per heavy atom. The van der Waals surface area contributed by atoms with E-state index in [9.17, 15) is 10.1 Å². The third kappa shape index (κ3) is 2.34. The van der Waals surface area contributed by atoms with Crippen molar-refractivity contribution in [3.05, 3.63) is 53.0 Å². The van der Waals surface area contributed by atoms with Gasteiger partial charge < -0.3 is 0 Å². The van der Waals surface area contributed by atoms with Crippen LogP contribution in [0.25, 0.3) is 0 Å². The highest BCUT2D eigenvalue weighted by molar-refractivity contribution is 7.99. The molecule has 0 unspecified atom stereocenters. The van der Waals surface area contributed by atoms with E-state index in [1.807, 2.05) is 6.07 Å². The van der Waals surface area contributed by atoms with Gasteiger partial charge >= 0.3 is 5.69 Å². The lowest BCUT2D eigenvalue weighted by Crippen LogP contribution is -1.91. The van der Waals surface area contributed by atoms with E-state index in [1.165, 1.54) is 24.2 Å². The molecule has 0 aliphatic carbocycles. The minimum absolute atomic E-state index is 0.00171. The molecule has 0 amide bonds. The van der Waals surface area contributed by atoms with Crippen molar-refractivity contribution in [3.8, 4) is 0 Å². The topological polar surface area (TPSA) is 68.9 Å². The number of hydrogen-bond acceptors (Lipinski definition) is 5. The number of nitrogens with zero attached hydrogens (tertiary/aromatic N) is 3. The van der Waals surface area contributed by atoms with Crippen molar-refractivity contribution >= 4 is 17.4 Å². The van der Waals surface area contributed by atoms with E-state index in [0.717, 1.165) is 5.03 Å². The summed E-state index contributed by atoms with van der Waals surface area (Å²) in [4.78, 5) is 18.7. The summed E-state index contributed by atoms with van der Waals surface area (Å²) in [6.45, 7) is 0. The van der Waals surface area contributed by atoms with E-state index in [-0.39, 0.29) is 5.69 Å². The second-order valence-electron chi connectivity index (χ2n) is 2.87. The van der Waals surface area contributed by atoms with Gasteiger partial charge in [0.1, 0.15) is 11.2 Å². The van der Waals surface area contributed by atoms with E-state index in [1.54, 1.807) is 24.4 Å². The van der Waals surface area contributed by atoms with Gasteiger partial charge in [0.15, 0.2) is 0 Å². The van der Waals surface area contributed by atoms with E-state index in [4.69, 9.17) is 0 Å². The van der Waals surface area contributed by atoms with Crippen molar-refractivity contribution in [3.63, 3.8) is 0 Å². The van der Waals surface area contributed by atoms with Gasteiger partial charge in [0.05, 0.1) is 9.82 Å². The second kappa shape index (κ2) is 4.71. The first-order chi connectivity index (χ1) is 7.77.